The van der Waals surface area contributed by atoms with Gasteiger partial charge in [-0.2, -0.15) is 14.0 Å². The van der Waals surface area contributed by atoms with E-state index in [2.05, 4.69) is 26.4 Å². The van der Waals surface area contributed by atoms with Gasteiger partial charge in [0, 0.05) is 32.7 Å². The molecule has 1 heterocycles. The lowest BCUT2D eigenvalue weighted by Gasteiger charge is -2.22. The van der Waals surface area contributed by atoms with Gasteiger partial charge in [-0.1, -0.05) is 24.3 Å². The van der Waals surface area contributed by atoms with Crippen molar-refractivity contribution in [3.05, 3.63) is 59.7 Å². The van der Waals surface area contributed by atoms with Crippen molar-refractivity contribution in [1.82, 2.24) is 10.6 Å². The summed E-state index contributed by atoms with van der Waals surface area (Å²) >= 11 is 0. The second-order valence-electron chi connectivity index (χ2n) is 6.66. The first-order chi connectivity index (χ1) is 14.1. The summed E-state index contributed by atoms with van der Waals surface area (Å²) in [6, 6.07) is 16.4. The van der Waals surface area contributed by atoms with Crippen molar-refractivity contribution in [2.75, 3.05) is 25.0 Å². The highest BCUT2D eigenvalue weighted by Gasteiger charge is 2.26. The van der Waals surface area contributed by atoms with Crippen LogP contribution >= 0.6 is 0 Å². The summed E-state index contributed by atoms with van der Waals surface area (Å²) < 4.78 is 30.0. The number of anilines is 1. The lowest BCUT2D eigenvalue weighted by molar-refractivity contribution is -0.0495. The van der Waals surface area contributed by atoms with Crippen LogP contribution in [0.2, 0.25) is 0 Å². The van der Waals surface area contributed by atoms with E-state index in [0.717, 1.165) is 18.5 Å². The third-order valence-corrected chi connectivity index (χ3v) is 4.72. The monoisotopic (exact) mass is 399 g/mol. The van der Waals surface area contributed by atoms with Crippen LogP contribution in [0.1, 0.15) is 17.5 Å². The largest absolute Gasteiger partial charge is 0.433 e. The number of ether oxygens (including phenoxy) is 1. The number of guanidine groups is 1. The summed E-state index contributed by atoms with van der Waals surface area (Å²) in [7, 11) is 1.70. The minimum absolute atomic E-state index is 0.127. The molecule has 2 N–H and O–H groups in total. The van der Waals surface area contributed by atoms with E-state index in [-0.39, 0.29) is 11.8 Å². The first kappa shape index (κ1) is 20.4. The normalized spacial score (nSPS) is 16.6. The number of halogens is 2. The maximum absolute atomic E-state index is 12.7. The van der Waals surface area contributed by atoms with Gasteiger partial charge in [-0.25, -0.2) is 0 Å². The molecule has 0 amide bonds. The highest BCUT2D eigenvalue weighted by atomic mass is 19.3. The Labute approximate surface area is 168 Å². The Bertz CT molecular complexity index is 879. The van der Waals surface area contributed by atoms with Gasteiger partial charge in [0.1, 0.15) is 5.75 Å². The van der Waals surface area contributed by atoms with Crippen molar-refractivity contribution in [1.29, 1.82) is 5.26 Å². The average Bonchev–Trinajstić information content (AvgIpc) is 3.19. The van der Waals surface area contributed by atoms with Gasteiger partial charge in [-0.05, 0) is 36.2 Å². The molecule has 6 nitrogen and oxygen atoms in total. The summed E-state index contributed by atoms with van der Waals surface area (Å²) in [5, 5.41) is 15.5. The van der Waals surface area contributed by atoms with E-state index in [9.17, 15) is 8.78 Å². The fourth-order valence-electron chi connectivity index (χ4n) is 3.28. The smallest absolute Gasteiger partial charge is 0.387 e. The zero-order valence-corrected chi connectivity index (χ0v) is 16.1. The average molecular weight is 399 g/mol. The van der Waals surface area contributed by atoms with Gasteiger partial charge in [-0.3, -0.25) is 4.99 Å². The first-order valence-corrected chi connectivity index (χ1v) is 9.34. The molecule has 1 fully saturated rings. The SMILES string of the molecule is CN=C(NCc1ccc(C#N)cc1)NC1CCN(c2ccccc2OC(F)F)C1. The molecule has 1 aliphatic rings. The third kappa shape index (κ3) is 5.57. The van der Waals surface area contributed by atoms with E-state index >= 15 is 0 Å². The molecule has 2 aromatic rings. The number of aliphatic imine (C=N–C) groups is 1. The van der Waals surface area contributed by atoms with Crippen molar-refractivity contribution in [3.8, 4) is 11.8 Å². The Balaban J connectivity index is 1.55. The number of nitriles is 1. The van der Waals surface area contributed by atoms with Gasteiger partial charge in [-0.15, -0.1) is 0 Å². The third-order valence-electron chi connectivity index (χ3n) is 4.72. The van der Waals surface area contributed by atoms with Crippen LogP contribution in [0.3, 0.4) is 0 Å². The molecule has 8 heteroatoms. The van der Waals surface area contributed by atoms with E-state index < -0.39 is 6.61 Å². The van der Waals surface area contributed by atoms with E-state index in [1.54, 1.807) is 37.4 Å². The second-order valence-corrected chi connectivity index (χ2v) is 6.66. The van der Waals surface area contributed by atoms with Crippen molar-refractivity contribution in [3.63, 3.8) is 0 Å². The highest BCUT2D eigenvalue weighted by molar-refractivity contribution is 5.80. The molecule has 29 heavy (non-hydrogen) atoms. The highest BCUT2D eigenvalue weighted by Crippen LogP contribution is 2.31. The maximum Gasteiger partial charge on any atom is 0.387 e. The minimum atomic E-state index is -2.85. The number of nitrogens with zero attached hydrogens (tertiary/aromatic N) is 3. The summed E-state index contributed by atoms with van der Waals surface area (Å²) in [6.45, 7) is -0.889. The number of rotatable bonds is 6. The van der Waals surface area contributed by atoms with E-state index in [4.69, 9.17) is 5.26 Å². The number of nitrogens with one attached hydrogen (secondary N) is 2. The molecule has 152 valence electrons. The van der Waals surface area contributed by atoms with E-state index in [0.29, 0.717) is 30.3 Å². The molecule has 2 aromatic carbocycles. The fraction of sp³-hybridized carbons (Fsp3) is 0.333. The quantitative estimate of drug-likeness (QED) is 0.577. The zero-order chi connectivity index (χ0) is 20.6. The summed E-state index contributed by atoms with van der Waals surface area (Å²) in [4.78, 5) is 6.29. The van der Waals surface area contributed by atoms with Crippen molar-refractivity contribution in [2.24, 2.45) is 4.99 Å². The maximum atomic E-state index is 12.7. The lowest BCUT2D eigenvalue weighted by atomic mass is 10.1. The lowest BCUT2D eigenvalue weighted by Crippen LogP contribution is -2.44. The molecule has 1 aliphatic heterocycles. The Morgan fingerprint density at radius 1 is 1.28 bits per heavy atom. The Kier molecular flexibility index (Phi) is 6.85. The predicted octanol–water partition coefficient (Wildman–Crippen LogP) is 3.10. The number of hydrogen-bond donors (Lipinski definition) is 2. The molecule has 0 bridgehead atoms. The van der Waals surface area contributed by atoms with Gasteiger partial charge in [0.2, 0.25) is 0 Å². The van der Waals surface area contributed by atoms with Crippen LogP contribution in [0.4, 0.5) is 14.5 Å². The molecule has 1 saturated heterocycles. The fourth-order valence-corrected chi connectivity index (χ4v) is 3.28. The standard InChI is InChI=1S/C21H23F2N5O/c1-25-21(26-13-16-8-6-15(12-24)7-9-16)27-17-10-11-28(14-17)18-4-2-3-5-19(18)29-20(22)23/h2-9,17,20H,10-11,13-14H2,1H3,(H2,25,26,27). The molecule has 1 atom stereocenters. The zero-order valence-electron chi connectivity index (χ0n) is 16.1. The summed E-state index contributed by atoms with van der Waals surface area (Å²) in [5.74, 6) is 0.852. The predicted molar refractivity (Wildman–Crippen MR) is 108 cm³/mol. The van der Waals surface area contributed by atoms with Crippen molar-refractivity contribution >= 4 is 11.6 Å². The van der Waals surface area contributed by atoms with Crippen LogP contribution < -0.4 is 20.3 Å². The van der Waals surface area contributed by atoms with Gasteiger partial charge in [0.15, 0.2) is 5.96 Å². The van der Waals surface area contributed by atoms with Crippen molar-refractivity contribution < 1.29 is 13.5 Å². The molecular formula is C21H23F2N5O. The van der Waals surface area contributed by atoms with Crippen molar-refractivity contribution in [2.45, 2.75) is 25.6 Å². The first-order valence-electron chi connectivity index (χ1n) is 9.34. The molecule has 0 aromatic heterocycles. The summed E-state index contributed by atoms with van der Waals surface area (Å²) in [5.41, 5.74) is 2.33. The molecule has 1 unspecified atom stereocenters. The molecule has 0 saturated carbocycles. The molecule has 3 rings (SSSR count). The van der Waals surface area contributed by atoms with Crippen LogP contribution in [0.25, 0.3) is 0 Å². The molecule has 0 radical (unpaired) electrons. The second kappa shape index (κ2) is 9.73. The molecule has 0 aliphatic carbocycles. The van der Waals surface area contributed by atoms with Crippen LogP contribution in [-0.2, 0) is 6.54 Å². The number of benzene rings is 2. The Hall–Kier alpha value is -3.34. The summed E-state index contributed by atoms with van der Waals surface area (Å²) in [6.07, 6.45) is 0.848. The molecular weight excluding hydrogens is 376 g/mol. The van der Waals surface area contributed by atoms with Crippen LogP contribution in [-0.4, -0.2) is 38.8 Å². The van der Waals surface area contributed by atoms with Gasteiger partial charge in [0.25, 0.3) is 0 Å². The van der Waals surface area contributed by atoms with Crippen LogP contribution in [0.5, 0.6) is 5.75 Å². The van der Waals surface area contributed by atoms with Gasteiger partial charge in [0.05, 0.1) is 17.3 Å². The van der Waals surface area contributed by atoms with Gasteiger partial charge >= 0.3 is 6.61 Å². The number of para-hydroxylation sites is 2. The molecule has 0 spiro atoms. The minimum Gasteiger partial charge on any atom is -0.433 e. The number of alkyl halides is 2. The Morgan fingerprint density at radius 2 is 2.03 bits per heavy atom. The topological polar surface area (TPSA) is 72.7 Å². The van der Waals surface area contributed by atoms with E-state index in [1.165, 1.54) is 0 Å². The van der Waals surface area contributed by atoms with Crippen LogP contribution in [0.15, 0.2) is 53.5 Å². The van der Waals surface area contributed by atoms with Gasteiger partial charge < -0.3 is 20.3 Å². The number of hydrogen-bond acceptors (Lipinski definition) is 4. The van der Waals surface area contributed by atoms with Crippen LogP contribution in [0, 0.1) is 11.3 Å². The Morgan fingerprint density at radius 3 is 2.72 bits per heavy atom. The van der Waals surface area contributed by atoms with E-state index in [1.807, 2.05) is 23.1 Å².